The topological polar surface area (TPSA) is 60.7 Å². The summed E-state index contributed by atoms with van der Waals surface area (Å²) in [5.74, 6) is -0.420. The number of carbonyl (C=O) groups is 1. The molecule has 0 spiro atoms. The number of hydrogen-bond donors (Lipinski definition) is 1. The average Bonchev–Trinajstić information content (AvgIpc) is 2.79. The van der Waals surface area contributed by atoms with Crippen molar-refractivity contribution in [2.75, 3.05) is 13.4 Å². The minimum Gasteiger partial charge on any atom is -0.478 e. The van der Waals surface area contributed by atoms with E-state index in [1.807, 2.05) is 23.9 Å². The molecule has 1 heterocycles. The number of aryl methyl sites for hydroxylation is 1. The van der Waals surface area contributed by atoms with Crippen LogP contribution in [0.2, 0.25) is 25.7 Å². The number of carboxylic acid groups (broad SMARTS) is 1. The molecule has 0 atom stereocenters. The monoisotopic (exact) mass is 321 g/mol. The molecule has 0 fully saturated rings. The molecule has 0 unspecified atom stereocenters. The molecule has 0 saturated carbocycles. The van der Waals surface area contributed by atoms with Crippen LogP contribution < -0.4 is 4.74 Å². The Morgan fingerprint density at radius 2 is 2.05 bits per heavy atom. The molecule has 0 aliphatic heterocycles. The van der Waals surface area contributed by atoms with Gasteiger partial charge in [-0.1, -0.05) is 19.6 Å². The molecule has 5 nitrogen and oxygen atoms in total. The standard InChI is InChI=1S/C16H23NO4Si/c1-17-6-5-13-14(17)9-12(16(18)19)10-15(13)21-11-20-7-8-22(2,3)4/h5-6,9-10H,7-8,11H2,1-4H3,(H,18,19). The van der Waals surface area contributed by atoms with Crippen molar-refractivity contribution in [3.8, 4) is 5.75 Å². The third-order valence-corrected chi connectivity index (χ3v) is 5.21. The zero-order chi connectivity index (χ0) is 16.3. The fourth-order valence-corrected chi connectivity index (χ4v) is 2.88. The normalized spacial score (nSPS) is 11.8. The predicted octanol–water partition coefficient (Wildman–Crippen LogP) is 3.57. The van der Waals surface area contributed by atoms with Gasteiger partial charge in [-0.15, -0.1) is 0 Å². The van der Waals surface area contributed by atoms with Crippen LogP contribution in [0.25, 0.3) is 10.9 Å². The van der Waals surface area contributed by atoms with Crippen molar-refractivity contribution >= 4 is 24.9 Å². The van der Waals surface area contributed by atoms with Crippen molar-refractivity contribution < 1.29 is 19.4 Å². The quantitative estimate of drug-likeness (QED) is 0.481. The molecule has 0 aliphatic carbocycles. The number of aromatic carboxylic acids is 1. The van der Waals surface area contributed by atoms with Crippen molar-refractivity contribution in [2.45, 2.75) is 25.7 Å². The zero-order valence-corrected chi connectivity index (χ0v) is 14.5. The minimum absolute atomic E-state index is 0.136. The summed E-state index contributed by atoms with van der Waals surface area (Å²) < 4.78 is 13.1. The van der Waals surface area contributed by atoms with Crippen molar-refractivity contribution in [3.63, 3.8) is 0 Å². The molecule has 120 valence electrons. The highest BCUT2D eigenvalue weighted by Crippen LogP contribution is 2.28. The lowest BCUT2D eigenvalue weighted by Gasteiger charge is -2.16. The van der Waals surface area contributed by atoms with E-state index in [-0.39, 0.29) is 12.4 Å². The minimum atomic E-state index is -1.11. The van der Waals surface area contributed by atoms with Gasteiger partial charge in [0, 0.05) is 33.3 Å². The molecule has 22 heavy (non-hydrogen) atoms. The summed E-state index contributed by atoms with van der Waals surface area (Å²) in [6.07, 6.45) is 1.88. The van der Waals surface area contributed by atoms with Crippen LogP contribution in [-0.4, -0.2) is 37.1 Å². The summed E-state index contributed by atoms with van der Waals surface area (Å²) in [5, 5.41) is 10.1. The van der Waals surface area contributed by atoms with Gasteiger partial charge in [0.25, 0.3) is 0 Å². The van der Waals surface area contributed by atoms with Crippen LogP contribution in [0.15, 0.2) is 24.4 Å². The van der Waals surface area contributed by atoms with Gasteiger partial charge in [-0.2, -0.15) is 0 Å². The van der Waals surface area contributed by atoms with Crippen LogP contribution in [0.5, 0.6) is 5.75 Å². The summed E-state index contributed by atoms with van der Waals surface area (Å²) in [7, 11) is 0.765. The van der Waals surface area contributed by atoms with Gasteiger partial charge in [-0.25, -0.2) is 4.79 Å². The Kier molecular flexibility index (Phi) is 4.93. The van der Waals surface area contributed by atoms with Crippen LogP contribution >= 0.6 is 0 Å². The number of nitrogens with zero attached hydrogens (tertiary/aromatic N) is 1. The molecule has 0 saturated heterocycles. The van der Waals surface area contributed by atoms with Crippen molar-refractivity contribution in [3.05, 3.63) is 30.0 Å². The molecule has 1 N–H and O–H groups in total. The van der Waals surface area contributed by atoms with Gasteiger partial charge in [-0.05, 0) is 24.2 Å². The van der Waals surface area contributed by atoms with E-state index in [0.29, 0.717) is 12.4 Å². The van der Waals surface area contributed by atoms with Gasteiger partial charge in [0.15, 0.2) is 6.79 Å². The average molecular weight is 321 g/mol. The maximum Gasteiger partial charge on any atom is 0.335 e. The summed E-state index contributed by atoms with van der Waals surface area (Å²) in [4.78, 5) is 11.2. The van der Waals surface area contributed by atoms with Crippen LogP contribution in [0, 0.1) is 0 Å². The van der Waals surface area contributed by atoms with E-state index in [4.69, 9.17) is 9.47 Å². The van der Waals surface area contributed by atoms with E-state index in [0.717, 1.165) is 16.9 Å². The Bertz CT molecular complexity index is 673. The van der Waals surface area contributed by atoms with Crippen molar-refractivity contribution in [2.24, 2.45) is 7.05 Å². The van der Waals surface area contributed by atoms with Crippen molar-refractivity contribution in [1.82, 2.24) is 4.57 Å². The molecular formula is C16H23NO4Si. The highest BCUT2D eigenvalue weighted by molar-refractivity contribution is 6.76. The molecule has 6 heteroatoms. The van der Waals surface area contributed by atoms with Crippen LogP contribution in [0.3, 0.4) is 0 Å². The number of fused-ring (bicyclic) bond motifs is 1. The Balaban J connectivity index is 2.08. The van der Waals surface area contributed by atoms with Gasteiger partial charge in [0.1, 0.15) is 5.75 Å². The summed E-state index contributed by atoms with van der Waals surface area (Å²) in [6, 6.07) is 6.19. The Labute approximate surface area is 131 Å². The first kappa shape index (κ1) is 16.6. The third kappa shape index (κ3) is 4.11. The molecule has 0 bridgehead atoms. The zero-order valence-electron chi connectivity index (χ0n) is 13.5. The first-order valence-corrected chi connectivity index (χ1v) is 11.0. The lowest BCUT2D eigenvalue weighted by atomic mass is 10.1. The second-order valence-electron chi connectivity index (χ2n) is 6.62. The molecule has 0 amide bonds. The number of rotatable bonds is 7. The fourth-order valence-electron chi connectivity index (χ4n) is 2.12. The molecule has 0 aliphatic rings. The van der Waals surface area contributed by atoms with Crippen LogP contribution in [0.4, 0.5) is 0 Å². The van der Waals surface area contributed by atoms with Gasteiger partial charge in [0.05, 0.1) is 11.1 Å². The second-order valence-corrected chi connectivity index (χ2v) is 12.2. The van der Waals surface area contributed by atoms with E-state index in [2.05, 4.69) is 19.6 Å². The fraction of sp³-hybridized carbons (Fsp3) is 0.438. The molecule has 1 aromatic heterocycles. The lowest BCUT2D eigenvalue weighted by molar-refractivity contribution is 0.0228. The van der Waals surface area contributed by atoms with Crippen LogP contribution in [0.1, 0.15) is 10.4 Å². The first-order valence-electron chi connectivity index (χ1n) is 7.31. The lowest BCUT2D eigenvalue weighted by Crippen LogP contribution is -2.22. The second kappa shape index (κ2) is 6.54. The number of aromatic nitrogens is 1. The van der Waals surface area contributed by atoms with Gasteiger partial charge >= 0.3 is 5.97 Å². The highest BCUT2D eigenvalue weighted by Gasteiger charge is 2.14. The Hall–Kier alpha value is -1.79. The van der Waals surface area contributed by atoms with E-state index in [1.54, 1.807) is 12.1 Å². The number of hydrogen-bond acceptors (Lipinski definition) is 3. The number of benzene rings is 1. The number of carboxylic acids is 1. The summed E-state index contributed by atoms with van der Waals surface area (Å²) >= 11 is 0. The van der Waals surface area contributed by atoms with Crippen molar-refractivity contribution in [1.29, 1.82) is 0 Å². The molecule has 1 aromatic carbocycles. The maximum absolute atomic E-state index is 11.2. The Morgan fingerprint density at radius 1 is 1.32 bits per heavy atom. The molecule has 2 aromatic rings. The van der Waals surface area contributed by atoms with E-state index < -0.39 is 14.0 Å². The highest BCUT2D eigenvalue weighted by atomic mass is 28.3. The third-order valence-electron chi connectivity index (χ3n) is 3.51. The van der Waals surface area contributed by atoms with Gasteiger partial charge in [-0.3, -0.25) is 0 Å². The Morgan fingerprint density at radius 3 is 2.68 bits per heavy atom. The largest absolute Gasteiger partial charge is 0.478 e. The smallest absolute Gasteiger partial charge is 0.335 e. The first-order chi connectivity index (χ1) is 10.3. The predicted molar refractivity (Wildman–Crippen MR) is 89.5 cm³/mol. The van der Waals surface area contributed by atoms with Gasteiger partial charge < -0.3 is 19.1 Å². The van der Waals surface area contributed by atoms with Crippen LogP contribution in [-0.2, 0) is 11.8 Å². The molecule has 2 rings (SSSR count). The SMILES string of the molecule is Cn1ccc2c(OCOCC[Si](C)(C)C)cc(C(=O)O)cc21. The molecule has 0 radical (unpaired) electrons. The van der Waals surface area contributed by atoms with E-state index in [1.165, 1.54) is 0 Å². The summed E-state index contributed by atoms with van der Waals surface area (Å²) in [6.45, 7) is 7.69. The molecular weight excluding hydrogens is 298 g/mol. The van der Waals surface area contributed by atoms with E-state index in [9.17, 15) is 9.90 Å². The van der Waals surface area contributed by atoms with Gasteiger partial charge in [0.2, 0.25) is 0 Å². The van der Waals surface area contributed by atoms with E-state index >= 15 is 0 Å². The summed E-state index contributed by atoms with van der Waals surface area (Å²) in [5.41, 5.74) is 1.04. The maximum atomic E-state index is 11.2. The number of ether oxygens (including phenoxy) is 2.